The van der Waals surface area contributed by atoms with Gasteiger partial charge in [-0.05, 0) is 154 Å². The molecule has 2 aliphatic rings. The number of hydrogen-bond acceptors (Lipinski definition) is 1. The Morgan fingerprint density at radius 2 is 0.881 bits per heavy atom. The van der Waals surface area contributed by atoms with Gasteiger partial charge in [-0.1, -0.05) is 127 Å². The number of aryl methyl sites for hydroxylation is 4. The molecule has 1 heterocycles. The summed E-state index contributed by atoms with van der Waals surface area (Å²) in [5, 5.41) is 5.04. The number of anilines is 3. The number of hydrogen-bond donors (Lipinski definition) is 0. The van der Waals surface area contributed by atoms with Gasteiger partial charge in [0.25, 0.3) is 0 Å². The topological polar surface area (TPSA) is 8.17 Å². The zero-order valence-corrected chi connectivity index (χ0v) is 33.7. The third kappa shape index (κ3) is 4.57. The molecular formula is C57H42N2. The zero-order valence-electron chi connectivity index (χ0n) is 33.7. The minimum Gasteiger partial charge on any atom is -0.310 e. The smallest absolute Gasteiger partial charge is 0.0727 e. The fourth-order valence-corrected chi connectivity index (χ4v) is 10.6. The van der Waals surface area contributed by atoms with Crippen LogP contribution in [0.25, 0.3) is 60.5 Å². The first-order chi connectivity index (χ1) is 28.9. The number of nitrogens with zero attached hydrogens (tertiary/aromatic N) is 2. The van der Waals surface area contributed by atoms with Crippen LogP contribution in [0, 0.1) is 27.7 Å². The van der Waals surface area contributed by atoms with Crippen LogP contribution in [0.15, 0.2) is 182 Å². The van der Waals surface area contributed by atoms with Gasteiger partial charge in [0, 0.05) is 33.2 Å². The third-order valence-electron chi connectivity index (χ3n) is 13.6. The van der Waals surface area contributed by atoms with Gasteiger partial charge in [-0.15, -0.1) is 0 Å². The van der Waals surface area contributed by atoms with Crippen molar-refractivity contribution in [3.8, 4) is 27.9 Å². The Bertz CT molecular complexity index is 3250. The van der Waals surface area contributed by atoms with Gasteiger partial charge in [-0.2, -0.15) is 0 Å². The van der Waals surface area contributed by atoms with Crippen molar-refractivity contribution in [3.05, 3.63) is 226 Å². The Hall–Kier alpha value is -7.16. The van der Waals surface area contributed by atoms with Gasteiger partial charge in [0.05, 0.1) is 22.1 Å². The highest BCUT2D eigenvalue weighted by Gasteiger charge is 2.52. The average Bonchev–Trinajstić information content (AvgIpc) is 3.88. The molecule has 12 rings (SSSR count). The molecule has 10 aromatic rings. The van der Waals surface area contributed by atoms with Crippen LogP contribution in [0.2, 0.25) is 0 Å². The summed E-state index contributed by atoms with van der Waals surface area (Å²) in [5.74, 6) is 0. The Morgan fingerprint density at radius 3 is 1.46 bits per heavy atom. The molecule has 1 aromatic heterocycles. The first kappa shape index (κ1) is 33.9. The molecule has 0 bridgehead atoms. The highest BCUT2D eigenvalue weighted by Crippen LogP contribution is 2.65. The van der Waals surface area contributed by atoms with E-state index in [9.17, 15) is 0 Å². The van der Waals surface area contributed by atoms with E-state index < -0.39 is 5.41 Å². The van der Waals surface area contributed by atoms with E-state index in [4.69, 9.17) is 0 Å². The van der Waals surface area contributed by atoms with E-state index in [-0.39, 0.29) is 0 Å². The molecule has 1 spiro atoms. The zero-order chi connectivity index (χ0) is 39.6. The number of para-hydroxylation sites is 2. The predicted molar refractivity (Wildman–Crippen MR) is 248 cm³/mol. The van der Waals surface area contributed by atoms with E-state index in [2.05, 4.69) is 219 Å². The van der Waals surface area contributed by atoms with Crippen LogP contribution in [0.3, 0.4) is 0 Å². The molecule has 0 saturated carbocycles. The second-order valence-corrected chi connectivity index (χ2v) is 16.7. The predicted octanol–water partition coefficient (Wildman–Crippen LogP) is 15.0. The molecular weight excluding hydrogens is 713 g/mol. The summed E-state index contributed by atoms with van der Waals surface area (Å²) >= 11 is 0. The van der Waals surface area contributed by atoms with Crippen molar-refractivity contribution >= 4 is 49.6 Å². The van der Waals surface area contributed by atoms with Crippen LogP contribution in [0.4, 0.5) is 17.1 Å². The van der Waals surface area contributed by atoms with E-state index in [0.29, 0.717) is 0 Å². The molecule has 2 heteroatoms. The van der Waals surface area contributed by atoms with Gasteiger partial charge in [-0.3, -0.25) is 0 Å². The molecule has 2 aliphatic carbocycles. The normalized spacial score (nSPS) is 13.2. The van der Waals surface area contributed by atoms with Crippen molar-refractivity contribution in [2.75, 3.05) is 4.90 Å². The van der Waals surface area contributed by atoms with E-state index in [0.717, 1.165) is 11.4 Å². The number of rotatable bonds is 4. The van der Waals surface area contributed by atoms with E-state index in [1.807, 2.05) is 0 Å². The SMILES string of the molecule is Cc1ccc(N(c2ccc(C)c(C)c2)c2cc3c(c4ccccc24)-c2ccc(-n4c5ccccc5c5ccccc54)cc2C32c3ccccc3-c3ccccc32)cc1C. The second-order valence-electron chi connectivity index (χ2n) is 16.7. The van der Waals surface area contributed by atoms with E-state index >= 15 is 0 Å². The van der Waals surface area contributed by atoms with Crippen molar-refractivity contribution in [2.24, 2.45) is 0 Å². The molecule has 9 aromatic carbocycles. The Labute approximate surface area is 345 Å². The lowest BCUT2D eigenvalue weighted by atomic mass is 9.70. The standard InChI is InChI=1S/C57H42N2/c1-35-25-27-39(31-37(35)3)58(40-28-26-36(2)38(4)32-40)55-34-52-56(47-20-6-5-19-46(47)55)48-30-29-41(59-53-23-13-9-17-44(53)45-18-10-14-24-54(45)59)33-51(48)57(52)49-21-11-7-15-42(49)43-16-8-12-22-50(43)57/h5-34H,1-4H3. The van der Waals surface area contributed by atoms with E-state index in [1.54, 1.807) is 0 Å². The molecule has 0 saturated heterocycles. The quantitative estimate of drug-likeness (QED) is 0.174. The van der Waals surface area contributed by atoms with Crippen LogP contribution in [-0.4, -0.2) is 4.57 Å². The van der Waals surface area contributed by atoms with Gasteiger partial charge in [0.1, 0.15) is 0 Å². The minimum atomic E-state index is -0.552. The molecule has 0 N–H and O–H groups in total. The highest BCUT2D eigenvalue weighted by atomic mass is 15.1. The van der Waals surface area contributed by atoms with Crippen LogP contribution in [0.5, 0.6) is 0 Å². The van der Waals surface area contributed by atoms with Crippen molar-refractivity contribution in [1.82, 2.24) is 4.57 Å². The van der Waals surface area contributed by atoms with Crippen LogP contribution >= 0.6 is 0 Å². The number of benzene rings is 9. The maximum Gasteiger partial charge on any atom is 0.0727 e. The third-order valence-corrected chi connectivity index (χ3v) is 13.6. The maximum absolute atomic E-state index is 2.56. The maximum atomic E-state index is 2.56. The molecule has 0 fully saturated rings. The summed E-state index contributed by atoms with van der Waals surface area (Å²) in [6.07, 6.45) is 0. The van der Waals surface area contributed by atoms with Gasteiger partial charge < -0.3 is 9.47 Å². The lowest BCUT2D eigenvalue weighted by Crippen LogP contribution is -2.26. The van der Waals surface area contributed by atoms with Gasteiger partial charge >= 0.3 is 0 Å². The molecule has 2 nitrogen and oxygen atoms in total. The largest absolute Gasteiger partial charge is 0.310 e. The highest BCUT2D eigenvalue weighted by molar-refractivity contribution is 6.13. The van der Waals surface area contributed by atoms with Crippen LogP contribution in [-0.2, 0) is 5.41 Å². The van der Waals surface area contributed by atoms with Gasteiger partial charge in [0.15, 0.2) is 0 Å². The molecule has 0 aliphatic heterocycles. The van der Waals surface area contributed by atoms with Gasteiger partial charge in [0.2, 0.25) is 0 Å². The Morgan fingerprint density at radius 1 is 0.373 bits per heavy atom. The van der Waals surface area contributed by atoms with Crippen molar-refractivity contribution in [1.29, 1.82) is 0 Å². The summed E-state index contributed by atoms with van der Waals surface area (Å²) < 4.78 is 2.47. The summed E-state index contributed by atoms with van der Waals surface area (Å²) in [6.45, 7) is 8.86. The van der Waals surface area contributed by atoms with E-state index in [1.165, 1.54) is 111 Å². The molecule has 0 amide bonds. The fourth-order valence-electron chi connectivity index (χ4n) is 10.6. The van der Waals surface area contributed by atoms with Crippen molar-refractivity contribution in [2.45, 2.75) is 33.1 Å². The lowest BCUT2D eigenvalue weighted by molar-refractivity contribution is 0.793. The first-order valence-corrected chi connectivity index (χ1v) is 20.8. The van der Waals surface area contributed by atoms with Gasteiger partial charge in [-0.25, -0.2) is 0 Å². The molecule has 280 valence electrons. The fraction of sp³-hybridized carbons (Fsp3) is 0.0877. The summed E-state index contributed by atoms with van der Waals surface area (Å²) in [5.41, 5.74) is 22.3. The van der Waals surface area contributed by atoms with Crippen LogP contribution < -0.4 is 4.90 Å². The summed E-state index contributed by atoms with van der Waals surface area (Å²) in [6, 6.07) is 68.8. The molecule has 0 radical (unpaired) electrons. The van der Waals surface area contributed by atoms with Crippen molar-refractivity contribution < 1.29 is 0 Å². The Kier molecular flexibility index (Phi) is 7.14. The first-order valence-electron chi connectivity index (χ1n) is 20.8. The average molecular weight is 755 g/mol. The number of aromatic nitrogens is 1. The monoisotopic (exact) mass is 754 g/mol. The summed E-state index contributed by atoms with van der Waals surface area (Å²) in [7, 11) is 0. The molecule has 0 unspecified atom stereocenters. The molecule has 59 heavy (non-hydrogen) atoms. The Balaban J connectivity index is 1.23. The van der Waals surface area contributed by atoms with Crippen LogP contribution in [0.1, 0.15) is 44.5 Å². The summed E-state index contributed by atoms with van der Waals surface area (Å²) in [4.78, 5) is 2.51. The second kappa shape index (κ2) is 12.4. The van der Waals surface area contributed by atoms with Crippen molar-refractivity contribution in [3.63, 3.8) is 0 Å². The molecule has 0 atom stereocenters. The lowest BCUT2D eigenvalue weighted by Gasteiger charge is -2.33. The number of fused-ring (bicyclic) bond motifs is 15. The minimum absolute atomic E-state index is 0.552.